The lowest BCUT2D eigenvalue weighted by molar-refractivity contribution is -0.137. The van der Waals surface area contributed by atoms with Crippen molar-refractivity contribution in [3.8, 4) is 0 Å². The number of aliphatic carboxylic acids is 1. The third-order valence-corrected chi connectivity index (χ3v) is 4.03. The van der Waals surface area contributed by atoms with E-state index in [0.717, 1.165) is 4.31 Å². The summed E-state index contributed by atoms with van der Waals surface area (Å²) >= 11 is 0. The highest BCUT2D eigenvalue weighted by molar-refractivity contribution is 7.89. The SMILES string of the molecule is CC(C)CN(CC(=O)O)S(=O)(=O)C(C)C. The summed E-state index contributed by atoms with van der Waals surface area (Å²) in [7, 11) is -3.48. The predicted molar refractivity (Wildman–Crippen MR) is 58.1 cm³/mol. The Morgan fingerprint density at radius 2 is 1.73 bits per heavy atom. The van der Waals surface area contributed by atoms with Crippen molar-refractivity contribution >= 4 is 16.0 Å². The van der Waals surface area contributed by atoms with Gasteiger partial charge in [-0.15, -0.1) is 0 Å². The molecule has 0 fully saturated rings. The molecule has 1 N–H and O–H groups in total. The van der Waals surface area contributed by atoms with Crippen molar-refractivity contribution in [2.24, 2.45) is 5.92 Å². The first-order valence-corrected chi connectivity index (χ1v) is 6.39. The molecule has 90 valence electrons. The minimum absolute atomic E-state index is 0.109. The standard InChI is InChI=1S/C9H19NO4S/c1-7(2)5-10(6-9(11)12)15(13,14)8(3)4/h7-8H,5-6H2,1-4H3,(H,11,12). The van der Waals surface area contributed by atoms with Crippen LogP contribution in [0.4, 0.5) is 0 Å². The maximum Gasteiger partial charge on any atom is 0.318 e. The highest BCUT2D eigenvalue weighted by atomic mass is 32.2. The maximum absolute atomic E-state index is 11.8. The number of nitrogens with zero attached hydrogens (tertiary/aromatic N) is 1. The monoisotopic (exact) mass is 237 g/mol. The predicted octanol–water partition coefficient (Wildman–Crippen LogP) is 0.767. The molecule has 0 spiro atoms. The number of hydrogen-bond acceptors (Lipinski definition) is 3. The average molecular weight is 237 g/mol. The zero-order chi connectivity index (χ0) is 12.2. The van der Waals surface area contributed by atoms with Crippen molar-refractivity contribution < 1.29 is 18.3 Å². The van der Waals surface area contributed by atoms with E-state index in [9.17, 15) is 13.2 Å². The van der Waals surface area contributed by atoms with Crippen LogP contribution in [0.1, 0.15) is 27.7 Å². The van der Waals surface area contributed by atoms with E-state index in [1.165, 1.54) is 0 Å². The number of hydrogen-bond donors (Lipinski definition) is 1. The molecule has 0 bridgehead atoms. The highest BCUT2D eigenvalue weighted by Crippen LogP contribution is 2.11. The van der Waals surface area contributed by atoms with Crippen LogP contribution in [0.3, 0.4) is 0 Å². The van der Waals surface area contributed by atoms with Gasteiger partial charge in [0.2, 0.25) is 10.0 Å². The van der Waals surface area contributed by atoms with Crippen LogP contribution in [0.25, 0.3) is 0 Å². The van der Waals surface area contributed by atoms with E-state index in [0.29, 0.717) is 0 Å². The van der Waals surface area contributed by atoms with Gasteiger partial charge in [0, 0.05) is 6.54 Å². The number of carboxylic acids is 1. The Morgan fingerprint density at radius 3 is 2.00 bits per heavy atom. The van der Waals surface area contributed by atoms with Crippen LogP contribution in [0, 0.1) is 5.92 Å². The molecule has 6 heteroatoms. The van der Waals surface area contributed by atoms with Crippen molar-refractivity contribution in [1.29, 1.82) is 0 Å². The second-order valence-electron chi connectivity index (χ2n) is 4.17. The summed E-state index contributed by atoms with van der Waals surface area (Å²) in [6, 6.07) is 0. The van der Waals surface area contributed by atoms with Crippen molar-refractivity contribution in [3.63, 3.8) is 0 Å². The van der Waals surface area contributed by atoms with Crippen molar-refractivity contribution in [3.05, 3.63) is 0 Å². The molecular formula is C9H19NO4S. The van der Waals surface area contributed by atoms with Gasteiger partial charge in [0.05, 0.1) is 5.25 Å². The lowest BCUT2D eigenvalue weighted by Crippen LogP contribution is -2.41. The minimum Gasteiger partial charge on any atom is -0.480 e. The van der Waals surface area contributed by atoms with Gasteiger partial charge in [-0.1, -0.05) is 13.8 Å². The van der Waals surface area contributed by atoms with E-state index < -0.39 is 27.8 Å². The Morgan fingerprint density at radius 1 is 1.27 bits per heavy atom. The van der Waals surface area contributed by atoms with E-state index in [4.69, 9.17) is 5.11 Å². The summed E-state index contributed by atoms with van der Waals surface area (Å²) in [5.74, 6) is -1.02. The zero-order valence-corrected chi connectivity index (χ0v) is 10.4. The normalized spacial score (nSPS) is 12.7. The van der Waals surface area contributed by atoms with E-state index in [1.807, 2.05) is 13.8 Å². The van der Waals surface area contributed by atoms with Crippen LogP contribution in [0.15, 0.2) is 0 Å². The molecule has 0 aromatic heterocycles. The molecule has 0 aliphatic rings. The number of carboxylic acid groups (broad SMARTS) is 1. The van der Waals surface area contributed by atoms with Gasteiger partial charge in [-0.05, 0) is 19.8 Å². The number of sulfonamides is 1. The van der Waals surface area contributed by atoms with Crippen LogP contribution < -0.4 is 0 Å². The molecule has 5 nitrogen and oxygen atoms in total. The Labute approximate surface area is 91.1 Å². The fraction of sp³-hybridized carbons (Fsp3) is 0.889. The molecule has 0 aromatic carbocycles. The molecule has 0 unspecified atom stereocenters. The van der Waals surface area contributed by atoms with Crippen LogP contribution in [0.2, 0.25) is 0 Å². The van der Waals surface area contributed by atoms with Gasteiger partial charge < -0.3 is 5.11 Å². The maximum atomic E-state index is 11.8. The third kappa shape index (κ3) is 4.61. The molecule has 15 heavy (non-hydrogen) atoms. The molecule has 0 amide bonds. The lowest BCUT2D eigenvalue weighted by atomic mass is 10.2. The van der Waals surface area contributed by atoms with Crippen LogP contribution >= 0.6 is 0 Å². The van der Waals surface area contributed by atoms with Gasteiger partial charge in [0.25, 0.3) is 0 Å². The molecule has 0 saturated carbocycles. The smallest absolute Gasteiger partial charge is 0.318 e. The highest BCUT2D eigenvalue weighted by Gasteiger charge is 2.27. The Hall–Kier alpha value is -0.620. The Balaban J connectivity index is 4.85. The van der Waals surface area contributed by atoms with Gasteiger partial charge in [0.15, 0.2) is 0 Å². The second-order valence-corrected chi connectivity index (χ2v) is 6.66. The summed E-state index contributed by atoms with van der Waals surface area (Å²) in [5, 5.41) is 8.05. The van der Waals surface area contributed by atoms with E-state index >= 15 is 0 Å². The van der Waals surface area contributed by atoms with Crippen molar-refractivity contribution in [2.75, 3.05) is 13.1 Å². The van der Waals surface area contributed by atoms with Crippen LogP contribution in [0.5, 0.6) is 0 Å². The van der Waals surface area contributed by atoms with Gasteiger partial charge in [-0.25, -0.2) is 8.42 Å². The fourth-order valence-electron chi connectivity index (χ4n) is 1.11. The van der Waals surface area contributed by atoms with Crippen LogP contribution in [-0.2, 0) is 14.8 Å². The first-order chi connectivity index (χ1) is 6.67. The van der Waals surface area contributed by atoms with Gasteiger partial charge >= 0.3 is 5.97 Å². The number of rotatable bonds is 6. The Kier molecular flexibility index (Phi) is 5.23. The van der Waals surface area contributed by atoms with Gasteiger partial charge in [-0.3, -0.25) is 4.79 Å². The second kappa shape index (κ2) is 5.46. The molecule has 0 aromatic rings. The third-order valence-electron chi connectivity index (χ3n) is 1.84. The van der Waals surface area contributed by atoms with E-state index in [-0.39, 0.29) is 12.5 Å². The fourth-order valence-corrected chi connectivity index (χ4v) is 2.51. The summed E-state index contributed by atoms with van der Waals surface area (Å²) in [5.41, 5.74) is 0. The van der Waals surface area contributed by atoms with Gasteiger partial charge in [0.1, 0.15) is 6.54 Å². The summed E-state index contributed by atoms with van der Waals surface area (Å²) in [6.07, 6.45) is 0. The molecule has 0 aliphatic carbocycles. The van der Waals surface area contributed by atoms with Crippen LogP contribution in [-0.4, -0.2) is 42.1 Å². The number of carbonyl (C=O) groups is 1. The summed E-state index contributed by atoms with van der Waals surface area (Å²) in [6.45, 7) is 6.58. The van der Waals surface area contributed by atoms with Crippen molar-refractivity contribution in [2.45, 2.75) is 32.9 Å². The van der Waals surface area contributed by atoms with Gasteiger partial charge in [-0.2, -0.15) is 4.31 Å². The zero-order valence-electron chi connectivity index (χ0n) is 9.60. The average Bonchev–Trinajstić information content (AvgIpc) is 2.00. The topological polar surface area (TPSA) is 74.7 Å². The summed E-state index contributed by atoms with van der Waals surface area (Å²) < 4.78 is 24.6. The minimum atomic E-state index is -3.48. The van der Waals surface area contributed by atoms with E-state index in [2.05, 4.69) is 0 Å². The quantitative estimate of drug-likeness (QED) is 0.740. The van der Waals surface area contributed by atoms with E-state index in [1.54, 1.807) is 13.8 Å². The van der Waals surface area contributed by atoms with Crippen molar-refractivity contribution in [1.82, 2.24) is 4.31 Å². The molecule has 0 radical (unpaired) electrons. The molecule has 0 saturated heterocycles. The summed E-state index contributed by atoms with van der Waals surface area (Å²) in [4.78, 5) is 10.6. The molecular weight excluding hydrogens is 218 g/mol. The first kappa shape index (κ1) is 14.4. The molecule has 0 atom stereocenters. The molecule has 0 aliphatic heterocycles. The lowest BCUT2D eigenvalue weighted by Gasteiger charge is -2.24. The first-order valence-electron chi connectivity index (χ1n) is 4.88. The molecule has 0 heterocycles. The molecule has 0 rings (SSSR count). The largest absolute Gasteiger partial charge is 0.480 e. The Bertz CT molecular complexity index is 308.